The molecule has 0 unspecified atom stereocenters. The fourth-order valence-corrected chi connectivity index (χ4v) is 3.05. The molecule has 0 heterocycles. The Morgan fingerprint density at radius 2 is 1.37 bits per heavy atom. The molecular formula is C17H16N2O8. The van der Waals surface area contributed by atoms with Gasteiger partial charge in [0.15, 0.2) is 11.5 Å². The minimum absolute atomic E-state index is 0.0127. The number of aromatic hydroxyl groups is 2. The normalized spacial score (nSPS) is 11.1. The topological polar surface area (TPSA) is 164 Å². The summed E-state index contributed by atoms with van der Waals surface area (Å²) in [6, 6.07) is 6.36. The molecule has 3 N–H and O–H groups in total. The maximum absolute atomic E-state index is 12.3. The van der Waals surface area contributed by atoms with Crippen LogP contribution in [0.3, 0.4) is 0 Å². The van der Waals surface area contributed by atoms with Crippen LogP contribution in [-0.2, 0) is 10.2 Å². The van der Waals surface area contributed by atoms with Crippen molar-refractivity contribution in [2.75, 3.05) is 0 Å². The van der Waals surface area contributed by atoms with E-state index in [1.807, 2.05) is 0 Å². The number of hydrogen-bond acceptors (Lipinski definition) is 7. The molecule has 0 radical (unpaired) electrons. The Morgan fingerprint density at radius 1 is 0.963 bits per heavy atom. The summed E-state index contributed by atoms with van der Waals surface area (Å²) >= 11 is 0. The zero-order valence-corrected chi connectivity index (χ0v) is 14.2. The number of phenolic OH excluding ortho intramolecular Hbond substituents is 2. The van der Waals surface area contributed by atoms with Gasteiger partial charge in [-0.2, -0.15) is 0 Å². The zero-order chi connectivity index (χ0) is 20.4. The quantitative estimate of drug-likeness (QED) is 0.490. The molecule has 142 valence electrons. The molecule has 10 nitrogen and oxygen atoms in total. The average molecular weight is 376 g/mol. The highest BCUT2D eigenvalue weighted by atomic mass is 16.6. The van der Waals surface area contributed by atoms with Crippen LogP contribution in [0.1, 0.15) is 30.9 Å². The lowest BCUT2D eigenvalue weighted by Gasteiger charge is -2.30. The molecule has 0 saturated carbocycles. The first kappa shape index (κ1) is 19.6. The van der Waals surface area contributed by atoms with Crippen molar-refractivity contribution in [2.24, 2.45) is 0 Å². The highest BCUT2D eigenvalue weighted by molar-refractivity contribution is 5.87. The largest absolute Gasteiger partial charge is 0.502 e. The Bertz CT molecular complexity index is 862. The SMILES string of the molecule is CCCC(C(=O)O)(c1ccc(O)c([N+](=O)[O-])c1)c1ccc(O)c([N+](=O)[O-])c1. The van der Waals surface area contributed by atoms with Gasteiger partial charge in [0, 0.05) is 12.1 Å². The van der Waals surface area contributed by atoms with E-state index >= 15 is 0 Å². The Morgan fingerprint density at radius 3 is 1.67 bits per heavy atom. The van der Waals surface area contributed by atoms with Crippen LogP contribution in [0.5, 0.6) is 11.5 Å². The molecule has 0 fully saturated rings. The number of benzene rings is 2. The summed E-state index contributed by atoms with van der Waals surface area (Å²) in [4.78, 5) is 32.8. The van der Waals surface area contributed by atoms with Gasteiger partial charge in [-0.3, -0.25) is 25.0 Å². The highest BCUT2D eigenvalue weighted by Crippen LogP contribution is 2.42. The van der Waals surface area contributed by atoms with Gasteiger partial charge in [-0.15, -0.1) is 0 Å². The molecule has 0 aliphatic rings. The number of nitro groups is 2. The second-order valence-corrected chi connectivity index (χ2v) is 5.88. The number of nitrogens with zero attached hydrogens (tertiary/aromatic N) is 2. The van der Waals surface area contributed by atoms with E-state index < -0.39 is 44.1 Å². The van der Waals surface area contributed by atoms with Gasteiger partial charge in [0.1, 0.15) is 5.41 Å². The molecule has 0 aromatic heterocycles. The fraction of sp³-hybridized carbons (Fsp3) is 0.235. The van der Waals surface area contributed by atoms with Gasteiger partial charge in [0.2, 0.25) is 0 Å². The maximum atomic E-state index is 12.3. The molecule has 0 bridgehead atoms. The molecule has 0 atom stereocenters. The van der Waals surface area contributed by atoms with Gasteiger partial charge in [0.05, 0.1) is 9.85 Å². The van der Waals surface area contributed by atoms with E-state index in [9.17, 15) is 40.3 Å². The van der Waals surface area contributed by atoms with Crippen LogP contribution >= 0.6 is 0 Å². The van der Waals surface area contributed by atoms with Crippen molar-refractivity contribution in [3.63, 3.8) is 0 Å². The van der Waals surface area contributed by atoms with Crippen molar-refractivity contribution >= 4 is 17.3 Å². The van der Waals surface area contributed by atoms with E-state index in [1.165, 1.54) is 12.1 Å². The number of rotatable bonds is 7. The molecule has 2 aromatic carbocycles. The summed E-state index contributed by atoms with van der Waals surface area (Å²) in [6.45, 7) is 1.70. The number of carboxylic acids is 1. The smallest absolute Gasteiger partial charge is 0.318 e. The molecule has 2 aromatic rings. The van der Waals surface area contributed by atoms with Gasteiger partial charge in [-0.1, -0.05) is 25.5 Å². The summed E-state index contributed by atoms with van der Waals surface area (Å²) in [5.41, 5.74) is -3.22. The van der Waals surface area contributed by atoms with Crippen molar-refractivity contribution in [1.82, 2.24) is 0 Å². The molecule has 0 aliphatic heterocycles. The number of nitro benzene ring substituents is 2. The highest BCUT2D eigenvalue weighted by Gasteiger charge is 2.43. The van der Waals surface area contributed by atoms with Crippen LogP contribution in [-0.4, -0.2) is 31.1 Å². The van der Waals surface area contributed by atoms with Gasteiger partial charge >= 0.3 is 17.3 Å². The van der Waals surface area contributed by atoms with Crippen molar-refractivity contribution in [1.29, 1.82) is 0 Å². The van der Waals surface area contributed by atoms with Crippen molar-refractivity contribution in [3.05, 3.63) is 67.8 Å². The summed E-state index contributed by atoms with van der Waals surface area (Å²) in [7, 11) is 0. The first-order valence-electron chi connectivity index (χ1n) is 7.84. The summed E-state index contributed by atoms with van der Waals surface area (Å²) < 4.78 is 0. The second-order valence-electron chi connectivity index (χ2n) is 5.88. The fourth-order valence-electron chi connectivity index (χ4n) is 3.05. The van der Waals surface area contributed by atoms with E-state index in [-0.39, 0.29) is 17.5 Å². The van der Waals surface area contributed by atoms with Crippen molar-refractivity contribution < 1.29 is 30.0 Å². The van der Waals surface area contributed by atoms with Crippen LogP contribution in [0.4, 0.5) is 11.4 Å². The third kappa shape index (κ3) is 3.36. The minimum atomic E-state index is -1.84. The summed E-state index contributed by atoms with van der Waals surface area (Å²) in [5.74, 6) is -2.63. The van der Waals surface area contributed by atoms with Crippen molar-refractivity contribution in [3.8, 4) is 11.5 Å². The Balaban J connectivity index is 2.84. The molecule has 0 aliphatic carbocycles. The summed E-state index contributed by atoms with van der Waals surface area (Å²) in [6.07, 6.45) is 0.321. The molecule has 2 rings (SSSR count). The minimum Gasteiger partial charge on any atom is -0.502 e. The number of phenols is 2. The van der Waals surface area contributed by atoms with Gasteiger partial charge in [0.25, 0.3) is 0 Å². The van der Waals surface area contributed by atoms with Crippen LogP contribution < -0.4 is 0 Å². The first-order valence-corrected chi connectivity index (χ1v) is 7.84. The number of carbonyl (C=O) groups is 1. The van der Waals surface area contributed by atoms with E-state index in [1.54, 1.807) is 6.92 Å². The van der Waals surface area contributed by atoms with Gasteiger partial charge < -0.3 is 15.3 Å². The lowest BCUT2D eigenvalue weighted by atomic mass is 9.71. The lowest BCUT2D eigenvalue weighted by molar-refractivity contribution is -0.386. The number of carboxylic acid groups (broad SMARTS) is 1. The van der Waals surface area contributed by atoms with Gasteiger partial charge in [-0.05, 0) is 29.7 Å². The first-order chi connectivity index (χ1) is 12.6. The monoisotopic (exact) mass is 376 g/mol. The summed E-state index contributed by atoms with van der Waals surface area (Å²) in [5, 5.41) is 51.6. The molecule has 27 heavy (non-hydrogen) atoms. The molecule has 0 saturated heterocycles. The molecule has 10 heteroatoms. The van der Waals surface area contributed by atoms with Crippen molar-refractivity contribution in [2.45, 2.75) is 25.2 Å². The standard InChI is InChI=1S/C17H16N2O8/c1-2-7-17(16(22)23,10-3-5-14(20)12(8-10)18(24)25)11-4-6-15(21)13(9-11)19(26)27/h3-6,8-9,20-21H,2,7H2,1H3,(H,22,23). The predicted molar refractivity (Wildman–Crippen MR) is 92.8 cm³/mol. The zero-order valence-electron chi connectivity index (χ0n) is 14.2. The van der Waals surface area contributed by atoms with E-state index in [2.05, 4.69) is 0 Å². The van der Waals surface area contributed by atoms with E-state index in [0.717, 1.165) is 24.3 Å². The van der Waals surface area contributed by atoms with Crippen LogP contribution in [0.25, 0.3) is 0 Å². The van der Waals surface area contributed by atoms with Crippen LogP contribution in [0, 0.1) is 20.2 Å². The Kier molecular flexibility index (Phi) is 5.29. The third-order valence-electron chi connectivity index (χ3n) is 4.32. The Hall–Kier alpha value is -3.69. The molecule has 0 amide bonds. The maximum Gasteiger partial charge on any atom is 0.318 e. The van der Waals surface area contributed by atoms with Crippen LogP contribution in [0.2, 0.25) is 0 Å². The average Bonchev–Trinajstić information content (AvgIpc) is 2.60. The number of hydrogen-bond donors (Lipinski definition) is 3. The van der Waals surface area contributed by atoms with E-state index in [4.69, 9.17) is 0 Å². The lowest BCUT2D eigenvalue weighted by Crippen LogP contribution is -2.37. The van der Waals surface area contributed by atoms with Crippen LogP contribution in [0.15, 0.2) is 36.4 Å². The molecular weight excluding hydrogens is 360 g/mol. The van der Waals surface area contributed by atoms with E-state index in [0.29, 0.717) is 6.42 Å². The predicted octanol–water partition coefficient (Wildman–Crippen LogP) is 3.09. The molecule has 0 spiro atoms. The second kappa shape index (κ2) is 7.28. The van der Waals surface area contributed by atoms with Gasteiger partial charge in [-0.25, -0.2) is 0 Å². The third-order valence-corrected chi connectivity index (χ3v) is 4.32. The Labute approximate surface area is 152 Å². The number of aliphatic carboxylic acids is 1.